The summed E-state index contributed by atoms with van der Waals surface area (Å²) in [5, 5.41) is 0. The van der Waals surface area contributed by atoms with E-state index in [4.69, 9.17) is 18.9 Å². The van der Waals surface area contributed by atoms with E-state index in [0.717, 1.165) is 36.3 Å². The fourth-order valence-corrected chi connectivity index (χ4v) is 4.74. The minimum atomic E-state index is -0.828. The molecule has 4 heterocycles. The molecule has 6 rings (SSSR count). The van der Waals surface area contributed by atoms with Gasteiger partial charge in [-0.1, -0.05) is 18.2 Å². The monoisotopic (exact) mass is 365 g/mol. The molecular weight excluding hydrogens is 346 g/mol. The first-order valence-corrected chi connectivity index (χ1v) is 9.37. The smallest absolute Gasteiger partial charge is 0.245 e. The van der Waals surface area contributed by atoms with Crippen LogP contribution in [0.3, 0.4) is 0 Å². The standard InChI is InChI=1S/C21H19NO5/c23-20-21(11-25-17-9-19-18(8-15(17)21)26-12-27-19)14-5-1-2-6-16(14)22(20)10-13-4-3-7-24-13/h1-2,5-6,8-9,13H,3-4,7,10-12H2/t13-,21?/m1/s1. The van der Waals surface area contributed by atoms with Gasteiger partial charge in [0.15, 0.2) is 11.5 Å². The lowest BCUT2D eigenvalue weighted by Crippen LogP contribution is -2.44. The number of para-hydroxylation sites is 1. The zero-order valence-electron chi connectivity index (χ0n) is 14.8. The summed E-state index contributed by atoms with van der Waals surface area (Å²) in [6.07, 6.45) is 2.13. The number of amides is 1. The second-order valence-electron chi connectivity index (χ2n) is 7.46. The fourth-order valence-electron chi connectivity index (χ4n) is 4.74. The van der Waals surface area contributed by atoms with Crippen LogP contribution in [0, 0.1) is 0 Å². The van der Waals surface area contributed by atoms with Gasteiger partial charge in [-0.3, -0.25) is 4.79 Å². The van der Waals surface area contributed by atoms with Gasteiger partial charge >= 0.3 is 0 Å². The van der Waals surface area contributed by atoms with Crippen LogP contribution in [0.4, 0.5) is 5.69 Å². The first-order chi connectivity index (χ1) is 13.3. The molecule has 4 aliphatic rings. The highest BCUT2D eigenvalue weighted by molar-refractivity contribution is 6.11. The van der Waals surface area contributed by atoms with Crippen molar-refractivity contribution in [3.8, 4) is 17.2 Å². The van der Waals surface area contributed by atoms with Crippen LogP contribution in [0.15, 0.2) is 36.4 Å². The molecule has 0 bridgehead atoms. The van der Waals surface area contributed by atoms with Gasteiger partial charge in [-0.2, -0.15) is 0 Å². The lowest BCUT2D eigenvalue weighted by atomic mass is 9.77. The average molecular weight is 365 g/mol. The van der Waals surface area contributed by atoms with Gasteiger partial charge in [0.2, 0.25) is 12.7 Å². The van der Waals surface area contributed by atoms with E-state index >= 15 is 0 Å². The summed E-state index contributed by atoms with van der Waals surface area (Å²) in [5.74, 6) is 2.08. The van der Waals surface area contributed by atoms with Crippen molar-refractivity contribution in [3.63, 3.8) is 0 Å². The van der Waals surface area contributed by atoms with Crippen LogP contribution in [-0.2, 0) is 14.9 Å². The Kier molecular flexibility index (Phi) is 3.06. The van der Waals surface area contributed by atoms with Gasteiger partial charge in [-0.05, 0) is 30.5 Å². The Morgan fingerprint density at radius 3 is 2.74 bits per heavy atom. The number of carbonyl (C=O) groups excluding carboxylic acids is 1. The van der Waals surface area contributed by atoms with Crippen LogP contribution in [-0.4, -0.2) is 38.6 Å². The largest absolute Gasteiger partial charge is 0.491 e. The van der Waals surface area contributed by atoms with Crippen LogP contribution in [0.25, 0.3) is 0 Å². The van der Waals surface area contributed by atoms with E-state index in [2.05, 4.69) is 0 Å². The van der Waals surface area contributed by atoms with Crippen molar-refractivity contribution in [1.82, 2.24) is 0 Å². The van der Waals surface area contributed by atoms with Crippen molar-refractivity contribution in [2.45, 2.75) is 24.4 Å². The highest BCUT2D eigenvalue weighted by atomic mass is 16.7. The van der Waals surface area contributed by atoms with Crippen molar-refractivity contribution in [3.05, 3.63) is 47.5 Å². The molecule has 1 amide bonds. The number of nitrogens with zero attached hydrogens (tertiary/aromatic N) is 1. The molecule has 0 aliphatic carbocycles. The van der Waals surface area contributed by atoms with Gasteiger partial charge in [0, 0.05) is 23.9 Å². The third-order valence-electron chi connectivity index (χ3n) is 6.05. The third kappa shape index (κ3) is 1.96. The summed E-state index contributed by atoms with van der Waals surface area (Å²) in [7, 11) is 0. The van der Waals surface area contributed by atoms with E-state index in [-0.39, 0.29) is 18.8 Å². The molecule has 0 N–H and O–H groups in total. The van der Waals surface area contributed by atoms with E-state index in [0.29, 0.717) is 30.4 Å². The number of hydrogen-bond donors (Lipinski definition) is 0. The van der Waals surface area contributed by atoms with Gasteiger partial charge in [0.1, 0.15) is 17.8 Å². The lowest BCUT2D eigenvalue weighted by Gasteiger charge is -2.24. The van der Waals surface area contributed by atoms with Crippen molar-refractivity contribution >= 4 is 11.6 Å². The number of rotatable bonds is 2. The zero-order chi connectivity index (χ0) is 18.0. The Hall–Kier alpha value is -2.73. The van der Waals surface area contributed by atoms with E-state index in [9.17, 15) is 4.79 Å². The van der Waals surface area contributed by atoms with Crippen molar-refractivity contribution in [1.29, 1.82) is 0 Å². The molecular formula is C21H19NO5. The number of fused-ring (bicyclic) bond motifs is 5. The molecule has 0 aromatic heterocycles. The summed E-state index contributed by atoms with van der Waals surface area (Å²) in [5.41, 5.74) is 1.97. The highest BCUT2D eigenvalue weighted by Crippen LogP contribution is 2.55. The predicted octanol–water partition coefficient (Wildman–Crippen LogP) is 2.62. The quantitative estimate of drug-likeness (QED) is 0.819. The van der Waals surface area contributed by atoms with Crippen LogP contribution in [0.5, 0.6) is 17.2 Å². The maximum atomic E-state index is 13.8. The van der Waals surface area contributed by atoms with Crippen LogP contribution >= 0.6 is 0 Å². The second kappa shape index (κ2) is 5.39. The van der Waals surface area contributed by atoms with Gasteiger partial charge in [0.05, 0.1) is 12.6 Å². The molecule has 138 valence electrons. The van der Waals surface area contributed by atoms with Crippen LogP contribution in [0.1, 0.15) is 24.0 Å². The minimum absolute atomic E-state index is 0.0526. The summed E-state index contributed by atoms with van der Waals surface area (Å²) < 4.78 is 22.8. The summed E-state index contributed by atoms with van der Waals surface area (Å²) in [6, 6.07) is 11.8. The normalized spacial score (nSPS) is 27.2. The predicted molar refractivity (Wildman–Crippen MR) is 96.6 cm³/mol. The van der Waals surface area contributed by atoms with Crippen molar-refractivity contribution in [2.24, 2.45) is 0 Å². The molecule has 0 saturated carbocycles. The molecule has 27 heavy (non-hydrogen) atoms. The zero-order valence-corrected chi connectivity index (χ0v) is 14.8. The van der Waals surface area contributed by atoms with E-state index in [1.807, 2.05) is 41.3 Å². The molecule has 4 aliphatic heterocycles. The number of carbonyl (C=O) groups is 1. The molecule has 1 saturated heterocycles. The third-order valence-corrected chi connectivity index (χ3v) is 6.05. The Balaban J connectivity index is 1.49. The Labute approximate surface area is 156 Å². The van der Waals surface area contributed by atoms with E-state index < -0.39 is 5.41 Å². The van der Waals surface area contributed by atoms with Crippen molar-refractivity contribution < 1.29 is 23.7 Å². The molecule has 6 nitrogen and oxygen atoms in total. The average Bonchev–Trinajstić information content (AvgIpc) is 3.46. The maximum absolute atomic E-state index is 13.8. The SMILES string of the molecule is O=C1N(C[C@H]2CCCO2)c2ccccc2C12COc1cc3c(cc12)OCO3. The molecule has 2 aromatic rings. The molecule has 1 spiro atoms. The lowest BCUT2D eigenvalue weighted by molar-refractivity contribution is -0.122. The number of anilines is 1. The van der Waals surface area contributed by atoms with Crippen molar-refractivity contribution in [2.75, 3.05) is 31.5 Å². The first-order valence-electron chi connectivity index (χ1n) is 9.37. The Bertz CT molecular complexity index is 952. The van der Waals surface area contributed by atoms with Gasteiger partial charge < -0.3 is 23.8 Å². The summed E-state index contributed by atoms with van der Waals surface area (Å²) in [6.45, 7) is 1.84. The Morgan fingerprint density at radius 2 is 1.89 bits per heavy atom. The number of hydrogen-bond acceptors (Lipinski definition) is 5. The summed E-state index contributed by atoms with van der Waals surface area (Å²) in [4.78, 5) is 15.6. The first kappa shape index (κ1) is 15.3. The molecule has 2 atom stereocenters. The topological polar surface area (TPSA) is 57.2 Å². The van der Waals surface area contributed by atoms with E-state index in [1.165, 1.54) is 0 Å². The molecule has 2 aromatic carbocycles. The highest BCUT2D eigenvalue weighted by Gasteiger charge is 2.57. The number of benzene rings is 2. The van der Waals surface area contributed by atoms with E-state index in [1.54, 1.807) is 0 Å². The Morgan fingerprint density at radius 1 is 1.04 bits per heavy atom. The van der Waals surface area contributed by atoms with Gasteiger partial charge in [-0.15, -0.1) is 0 Å². The fraction of sp³-hybridized carbons (Fsp3) is 0.381. The summed E-state index contributed by atoms with van der Waals surface area (Å²) >= 11 is 0. The maximum Gasteiger partial charge on any atom is 0.245 e. The molecule has 6 heteroatoms. The van der Waals surface area contributed by atoms with Gasteiger partial charge in [0.25, 0.3) is 0 Å². The van der Waals surface area contributed by atoms with Crippen LogP contribution < -0.4 is 19.1 Å². The molecule has 1 unspecified atom stereocenters. The number of ether oxygens (including phenoxy) is 4. The van der Waals surface area contributed by atoms with Gasteiger partial charge in [-0.25, -0.2) is 0 Å². The minimum Gasteiger partial charge on any atom is -0.491 e. The second-order valence-corrected chi connectivity index (χ2v) is 7.46. The molecule has 1 fully saturated rings. The van der Waals surface area contributed by atoms with Crippen LogP contribution in [0.2, 0.25) is 0 Å². The molecule has 0 radical (unpaired) electrons.